The summed E-state index contributed by atoms with van der Waals surface area (Å²) in [6, 6.07) is 8.15. The first-order valence-corrected chi connectivity index (χ1v) is 7.41. The van der Waals surface area contributed by atoms with Crippen LogP contribution in [-0.4, -0.2) is 30.4 Å². The van der Waals surface area contributed by atoms with Crippen molar-refractivity contribution in [1.82, 2.24) is 4.90 Å². The summed E-state index contributed by atoms with van der Waals surface area (Å²) in [5.41, 5.74) is 8.03. The van der Waals surface area contributed by atoms with Crippen LogP contribution >= 0.6 is 0 Å². The lowest BCUT2D eigenvalue weighted by molar-refractivity contribution is -0.131. The Balaban J connectivity index is 2.74. The maximum Gasteiger partial charge on any atom is 0.227 e. The minimum Gasteiger partial charge on any atom is -0.342 e. The summed E-state index contributed by atoms with van der Waals surface area (Å²) < 4.78 is 0. The van der Waals surface area contributed by atoms with E-state index in [1.54, 1.807) is 0 Å². The standard InChI is InChI=1S/C17H28N2O/c1-5-9-19(13-17(3,4)12-18)16(20)11-15-8-6-7-14(2)10-15/h6-8,10H,5,9,11-13,18H2,1-4H3. The smallest absolute Gasteiger partial charge is 0.227 e. The summed E-state index contributed by atoms with van der Waals surface area (Å²) in [5.74, 6) is 0.193. The van der Waals surface area contributed by atoms with Gasteiger partial charge in [0, 0.05) is 13.1 Å². The van der Waals surface area contributed by atoms with E-state index >= 15 is 0 Å². The Morgan fingerprint density at radius 1 is 1.35 bits per heavy atom. The molecule has 0 heterocycles. The van der Waals surface area contributed by atoms with Gasteiger partial charge in [0.25, 0.3) is 0 Å². The van der Waals surface area contributed by atoms with Gasteiger partial charge in [-0.25, -0.2) is 0 Å². The van der Waals surface area contributed by atoms with Crippen LogP contribution in [0.5, 0.6) is 0 Å². The molecule has 0 aliphatic heterocycles. The Morgan fingerprint density at radius 2 is 2.05 bits per heavy atom. The third kappa shape index (κ3) is 5.33. The Morgan fingerprint density at radius 3 is 2.60 bits per heavy atom. The van der Waals surface area contributed by atoms with Gasteiger partial charge in [0.15, 0.2) is 0 Å². The summed E-state index contributed by atoms with van der Waals surface area (Å²) in [7, 11) is 0. The van der Waals surface area contributed by atoms with Crippen LogP contribution in [0.15, 0.2) is 24.3 Å². The van der Waals surface area contributed by atoms with Crippen LogP contribution in [0.4, 0.5) is 0 Å². The number of benzene rings is 1. The quantitative estimate of drug-likeness (QED) is 0.832. The second kappa shape index (κ2) is 7.44. The number of nitrogens with two attached hydrogens (primary N) is 1. The SMILES string of the molecule is CCCN(CC(C)(C)CN)C(=O)Cc1cccc(C)c1. The molecule has 2 N–H and O–H groups in total. The summed E-state index contributed by atoms with van der Waals surface area (Å²) in [6.07, 6.45) is 1.45. The van der Waals surface area contributed by atoms with Crippen LogP contribution in [0.1, 0.15) is 38.3 Å². The summed E-state index contributed by atoms with van der Waals surface area (Å²) in [5, 5.41) is 0. The average Bonchev–Trinajstić information content (AvgIpc) is 2.38. The van der Waals surface area contributed by atoms with E-state index in [4.69, 9.17) is 5.73 Å². The highest BCUT2D eigenvalue weighted by Gasteiger charge is 2.23. The van der Waals surface area contributed by atoms with Gasteiger partial charge in [-0.3, -0.25) is 4.79 Å². The molecule has 20 heavy (non-hydrogen) atoms. The third-order valence-electron chi connectivity index (χ3n) is 3.46. The molecule has 3 nitrogen and oxygen atoms in total. The van der Waals surface area contributed by atoms with Gasteiger partial charge in [-0.2, -0.15) is 0 Å². The highest BCUT2D eigenvalue weighted by Crippen LogP contribution is 2.16. The highest BCUT2D eigenvalue weighted by atomic mass is 16.2. The van der Waals surface area contributed by atoms with E-state index < -0.39 is 0 Å². The van der Waals surface area contributed by atoms with Gasteiger partial charge in [0.1, 0.15) is 0 Å². The molecule has 0 aromatic heterocycles. The highest BCUT2D eigenvalue weighted by molar-refractivity contribution is 5.78. The van der Waals surface area contributed by atoms with Crippen LogP contribution in [0.3, 0.4) is 0 Å². The van der Waals surface area contributed by atoms with Crippen molar-refractivity contribution < 1.29 is 4.79 Å². The Bertz CT molecular complexity index is 440. The number of carbonyl (C=O) groups excluding carboxylic acids is 1. The molecule has 1 aromatic carbocycles. The van der Waals surface area contributed by atoms with Gasteiger partial charge >= 0.3 is 0 Å². The molecule has 112 valence electrons. The van der Waals surface area contributed by atoms with E-state index in [0.29, 0.717) is 13.0 Å². The molecule has 3 heteroatoms. The van der Waals surface area contributed by atoms with Gasteiger partial charge in [0.05, 0.1) is 6.42 Å². The Hall–Kier alpha value is -1.35. The number of carbonyl (C=O) groups is 1. The van der Waals surface area contributed by atoms with Crippen molar-refractivity contribution in [3.63, 3.8) is 0 Å². The van der Waals surface area contributed by atoms with Crippen LogP contribution in [0, 0.1) is 12.3 Å². The van der Waals surface area contributed by atoms with Crippen molar-refractivity contribution in [3.05, 3.63) is 35.4 Å². The van der Waals surface area contributed by atoms with Crippen molar-refractivity contribution in [2.24, 2.45) is 11.1 Å². The molecule has 0 saturated heterocycles. The van der Waals surface area contributed by atoms with Gasteiger partial charge < -0.3 is 10.6 Å². The Kier molecular flexibility index (Phi) is 6.21. The molecule has 0 spiro atoms. The summed E-state index contributed by atoms with van der Waals surface area (Å²) >= 11 is 0. The topological polar surface area (TPSA) is 46.3 Å². The molecular weight excluding hydrogens is 248 g/mol. The number of rotatable bonds is 7. The third-order valence-corrected chi connectivity index (χ3v) is 3.46. The number of aryl methyl sites for hydroxylation is 1. The zero-order chi connectivity index (χ0) is 15.2. The van der Waals surface area contributed by atoms with Gasteiger partial charge in [-0.15, -0.1) is 0 Å². The minimum absolute atomic E-state index is 0.0303. The molecule has 1 rings (SSSR count). The lowest BCUT2D eigenvalue weighted by Crippen LogP contribution is -2.43. The van der Waals surface area contributed by atoms with Gasteiger partial charge in [-0.05, 0) is 30.9 Å². The summed E-state index contributed by atoms with van der Waals surface area (Å²) in [6.45, 7) is 10.5. The molecule has 0 fully saturated rings. The van der Waals surface area contributed by atoms with Gasteiger partial charge in [-0.1, -0.05) is 50.6 Å². The van der Waals surface area contributed by atoms with Crippen LogP contribution in [0.25, 0.3) is 0 Å². The molecule has 0 aliphatic carbocycles. The number of hydrogen-bond acceptors (Lipinski definition) is 2. The van der Waals surface area contributed by atoms with Crippen LogP contribution < -0.4 is 5.73 Å². The van der Waals surface area contributed by atoms with E-state index in [9.17, 15) is 4.79 Å². The minimum atomic E-state index is -0.0303. The Labute approximate surface area is 123 Å². The van der Waals surface area contributed by atoms with Crippen molar-refractivity contribution in [3.8, 4) is 0 Å². The fraction of sp³-hybridized carbons (Fsp3) is 0.588. The largest absolute Gasteiger partial charge is 0.342 e. The molecule has 0 saturated carbocycles. The average molecular weight is 276 g/mol. The lowest BCUT2D eigenvalue weighted by atomic mass is 9.92. The molecule has 0 unspecified atom stereocenters. The lowest BCUT2D eigenvalue weighted by Gasteiger charge is -2.32. The normalized spacial score (nSPS) is 11.4. The van der Waals surface area contributed by atoms with E-state index in [2.05, 4.69) is 39.8 Å². The number of hydrogen-bond donors (Lipinski definition) is 1. The van der Waals surface area contributed by atoms with E-state index in [0.717, 1.165) is 25.1 Å². The van der Waals surface area contributed by atoms with Gasteiger partial charge in [0.2, 0.25) is 5.91 Å². The maximum atomic E-state index is 12.5. The van der Waals surface area contributed by atoms with Crippen molar-refractivity contribution in [2.75, 3.05) is 19.6 Å². The van der Waals surface area contributed by atoms with Crippen molar-refractivity contribution >= 4 is 5.91 Å². The van der Waals surface area contributed by atoms with Crippen LogP contribution in [0.2, 0.25) is 0 Å². The first kappa shape index (κ1) is 16.7. The molecule has 0 bridgehead atoms. The maximum absolute atomic E-state index is 12.5. The zero-order valence-corrected chi connectivity index (χ0v) is 13.3. The molecule has 1 aromatic rings. The second-order valence-electron chi connectivity index (χ2n) is 6.35. The molecular formula is C17H28N2O. The fourth-order valence-electron chi connectivity index (χ4n) is 2.25. The first-order valence-electron chi connectivity index (χ1n) is 7.41. The number of amides is 1. The van der Waals surface area contributed by atoms with E-state index in [1.807, 2.05) is 17.0 Å². The molecule has 0 aliphatic rings. The zero-order valence-electron chi connectivity index (χ0n) is 13.3. The monoisotopic (exact) mass is 276 g/mol. The van der Waals surface area contributed by atoms with E-state index in [1.165, 1.54) is 5.56 Å². The second-order valence-corrected chi connectivity index (χ2v) is 6.35. The van der Waals surface area contributed by atoms with Crippen molar-refractivity contribution in [1.29, 1.82) is 0 Å². The predicted molar refractivity (Wildman–Crippen MR) is 84.6 cm³/mol. The molecule has 0 atom stereocenters. The molecule has 0 radical (unpaired) electrons. The summed E-state index contributed by atoms with van der Waals surface area (Å²) in [4.78, 5) is 14.4. The molecule has 1 amide bonds. The first-order chi connectivity index (χ1) is 9.38. The fourth-order valence-corrected chi connectivity index (χ4v) is 2.25. The number of nitrogens with zero attached hydrogens (tertiary/aromatic N) is 1. The van der Waals surface area contributed by atoms with E-state index in [-0.39, 0.29) is 11.3 Å². The predicted octanol–water partition coefficient (Wildman–Crippen LogP) is 2.76. The van der Waals surface area contributed by atoms with Crippen LogP contribution in [-0.2, 0) is 11.2 Å². The van der Waals surface area contributed by atoms with Crippen molar-refractivity contribution in [2.45, 2.75) is 40.5 Å².